The molecule has 1 atom stereocenters. The van der Waals surface area contributed by atoms with Crippen LogP contribution in [0.4, 0.5) is 5.95 Å². The van der Waals surface area contributed by atoms with Crippen molar-refractivity contribution in [2.24, 2.45) is 0 Å². The van der Waals surface area contributed by atoms with Crippen LogP contribution in [-0.2, 0) is 6.42 Å². The van der Waals surface area contributed by atoms with Crippen LogP contribution in [0.3, 0.4) is 0 Å². The van der Waals surface area contributed by atoms with Gasteiger partial charge in [0.25, 0.3) is 0 Å². The van der Waals surface area contributed by atoms with Gasteiger partial charge in [0.15, 0.2) is 0 Å². The molecule has 2 aromatic rings. The Kier molecular flexibility index (Phi) is 4.49. The van der Waals surface area contributed by atoms with Gasteiger partial charge in [-0.15, -0.1) is 0 Å². The van der Waals surface area contributed by atoms with Gasteiger partial charge in [0, 0.05) is 25.0 Å². The number of anilines is 1. The Morgan fingerprint density at radius 2 is 1.90 bits per heavy atom. The van der Waals surface area contributed by atoms with Crippen LogP contribution in [0.1, 0.15) is 36.8 Å². The lowest BCUT2D eigenvalue weighted by Crippen LogP contribution is -2.30. The van der Waals surface area contributed by atoms with Gasteiger partial charge in [-0.1, -0.05) is 30.3 Å². The van der Waals surface area contributed by atoms with E-state index in [1.807, 2.05) is 19.3 Å². The summed E-state index contributed by atoms with van der Waals surface area (Å²) < 4.78 is 0. The average molecular weight is 281 g/mol. The summed E-state index contributed by atoms with van der Waals surface area (Å²) in [4.78, 5) is 11.4. The normalized spacial score (nSPS) is 18.1. The molecule has 1 aromatic carbocycles. The van der Waals surface area contributed by atoms with Crippen LogP contribution in [0.5, 0.6) is 0 Å². The first kappa shape index (κ1) is 14.1. The zero-order valence-electron chi connectivity index (χ0n) is 12.7. The van der Waals surface area contributed by atoms with E-state index in [2.05, 4.69) is 45.2 Å². The zero-order chi connectivity index (χ0) is 14.5. The average Bonchev–Trinajstić information content (AvgIpc) is 2.98. The minimum Gasteiger partial charge on any atom is -0.338 e. The van der Waals surface area contributed by atoms with Gasteiger partial charge in [-0.05, 0) is 50.2 Å². The maximum absolute atomic E-state index is 4.49. The first-order valence-electron chi connectivity index (χ1n) is 7.92. The predicted octanol–water partition coefficient (Wildman–Crippen LogP) is 3.78. The largest absolute Gasteiger partial charge is 0.338 e. The fourth-order valence-electron chi connectivity index (χ4n) is 3.12. The third-order valence-corrected chi connectivity index (χ3v) is 4.25. The Balaban J connectivity index is 1.56. The van der Waals surface area contributed by atoms with E-state index in [1.165, 1.54) is 37.7 Å². The van der Waals surface area contributed by atoms with Crippen LogP contribution in [0.25, 0.3) is 0 Å². The number of benzene rings is 1. The predicted molar refractivity (Wildman–Crippen MR) is 86.5 cm³/mol. The van der Waals surface area contributed by atoms with Crippen molar-refractivity contribution in [2.45, 2.75) is 45.1 Å². The molecule has 3 heteroatoms. The van der Waals surface area contributed by atoms with Gasteiger partial charge in [0.1, 0.15) is 0 Å². The molecule has 0 aliphatic carbocycles. The van der Waals surface area contributed by atoms with Crippen LogP contribution < -0.4 is 4.90 Å². The molecule has 2 heterocycles. The highest BCUT2D eigenvalue weighted by Gasteiger charge is 2.25. The summed E-state index contributed by atoms with van der Waals surface area (Å²) >= 11 is 0. The third-order valence-electron chi connectivity index (χ3n) is 4.25. The second kappa shape index (κ2) is 6.70. The molecule has 0 N–H and O–H groups in total. The molecule has 1 aliphatic heterocycles. The molecule has 1 aromatic heterocycles. The molecule has 0 amide bonds. The molecular formula is C18H23N3. The Labute approximate surface area is 127 Å². The van der Waals surface area contributed by atoms with Crippen LogP contribution in [0.2, 0.25) is 0 Å². The minimum atomic E-state index is 0.608. The van der Waals surface area contributed by atoms with Crippen LogP contribution in [-0.4, -0.2) is 22.6 Å². The number of hydrogen-bond acceptors (Lipinski definition) is 3. The van der Waals surface area contributed by atoms with Crippen molar-refractivity contribution in [3.8, 4) is 0 Å². The van der Waals surface area contributed by atoms with Crippen molar-refractivity contribution in [3.63, 3.8) is 0 Å². The van der Waals surface area contributed by atoms with Crippen molar-refractivity contribution < 1.29 is 0 Å². The number of nitrogens with zero attached hydrogens (tertiary/aromatic N) is 3. The molecule has 110 valence electrons. The molecule has 1 fully saturated rings. The van der Waals surface area contributed by atoms with Crippen molar-refractivity contribution in [2.75, 3.05) is 11.4 Å². The lowest BCUT2D eigenvalue weighted by molar-refractivity contribution is 0.573. The van der Waals surface area contributed by atoms with Crippen LogP contribution in [0.15, 0.2) is 42.7 Å². The van der Waals surface area contributed by atoms with E-state index in [-0.39, 0.29) is 0 Å². The smallest absolute Gasteiger partial charge is 0.225 e. The topological polar surface area (TPSA) is 29.0 Å². The molecule has 0 radical (unpaired) electrons. The van der Waals surface area contributed by atoms with E-state index in [0.29, 0.717) is 6.04 Å². The fraction of sp³-hybridized carbons (Fsp3) is 0.444. The molecule has 0 bridgehead atoms. The Morgan fingerprint density at radius 3 is 2.67 bits per heavy atom. The monoisotopic (exact) mass is 281 g/mol. The summed E-state index contributed by atoms with van der Waals surface area (Å²) in [6.45, 7) is 3.13. The maximum Gasteiger partial charge on any atom is 0.225 e. The van der Waals surface area contributed by atoms with Crippen molar-refractivity contribution >= 4 is 5.95 Å². The Hall–Kier alpha value is -1.90. The highest BCUT2D eigenvalue weighted by Crippen LogP contribution is 2.25. The molecule has 1 unspecified atom stereocenters. The molecule has 0 spiro atoms. The number of hydrogen-bond donors (Lipinski definition) is 0. The summed E-state index contributed by atoms with van der Waals surface area (Å²) in [5.41, 5.74) is 2.56. The van der Waals surface area contributed by atoms with Gasteiger partial charge in [0.2, 0.25) is 5.95 Å². The van der Waals surface area contributed by atoms with Crippen molar-refractivity contribution in [3.05, 3.63) is 53.9 Å². The van der Waals surface area contributed by atoms with Crippen molar-refractivity contribution in [1.29, 1.82) is 0 Å². The lowest BCUT2D eigenvalue weighted by atomic mass is 10.0. The van der Waals surface area contributed by atoms with E-state index >= 15 is 0 Å². The highest BCUT2D eigenvalue weighted by atomic mass is 15.3. The first-order valence-corrected chi connectivity index (χ1v) is 7.92. The van der Waals surface area contributed by atoms with Gasteiger partial charge in [-0.25, -0.2) is 9.97 Å². The third kappa shape index (κ3) is 3.60. The molecule has 3 rings (SSSR count). The highest BCUT2D eigenvalue weighted by molar-refractivity contribution is 5.33. The van der Waals surface area contributed by atoms with E-state index in [4.69, 9.17) is 0 Å². The molecule has 0 saturated carbocycles. The fourth-order valence-corrected chi connectivity index (χ4v) is 3.12. The number of aromatic nitrogens is 2. The van der Waals surface area contributed by atoms with Gasteiger partial charge in [0.05, 0.1) is 0 Å². The van der Waals surface area contributed by atoms with E-state index in [1.54, 1.807) is 0 Å². The Morgan fingerprint density at radius 1 is 1.14 bits per heavy atom. The standard InChI is InChI=1S/C18H23N3/c1-15-13-19-18(20-14-15)21-12-6-11-17(21)10-5-9-16-7-3-2-4-8-16/h2-4,7-8,13-14,17H,5-6,9-12H2,1H3. The molecule has 1 saturated heterocycles. The van der Waals surface area contributed by atoms with Gasteiger partial charge < -0.3 is 4.90 Å². The van der Waals surface area contributed by atoms with Crippen molar-refractivity contribution in [1.82, 2.24) is 9.97 Å². The summed E-state index contributed by atoms with van der Waals surface area (Å²) in [7, 11) is 0. The lowest BCUT2D eigenvalue weighted by Gasteiger charge is -2.24. The first-order chi connectivity index (χ1) is 10.3. The summed E-state index contributed by atoms with van der Waals surface area (Å²) in [5, 5.41) is 0. The maximum atomic E-state index is 4.49. The Bertz CT molecular complexity index is 550. The summed E-state index contributed by atoms with van der Waals surface area (Å²) in [6, 6.07) is 11.4. The van der Waals surface area contributed by atoms with Crippen LogP contribution in [0, 0.1) is 6.92 Å². The second-order valence-corrected chi connectivity index (χ2v) is 5.93. The zero-order valence-corrected chi connectivity index (χ0v) is 12.7. The number of aryl methyl sites for hydroxylation is 2. The summed E-state index contributed by atoms with van der Waals surface area (Å²) in [5.74, 6) is 0.905. The van der Waals surface area contributed by atoms with E-state index in [9.17, 15) is 0 Å². The molecule has 21 heavy (non-hydrogen) atoms. The van der Waals surface area contributed by atoms with E-state index in [0.717, 1.165) is 18.1 Å². The summed E-state index contributed by atoms with van der Waals surface area (Å²) in [6.07, 6.45) is 9.99. The second-order valence-electron chi connectivity index (χ2n) is 5.93. The molecular weight excluding hydrogens is 258 g/mol. The molecule has 3 nitrogen and oxygen atoms in total. The van der Waals surface area contributed by atoms with E-state index < -0.39 is 0 Å². The quantitative estimate of drug-likeness (QED) is 0.835. The van der Waals surface area contributed by atoms with Crippen LogP contribution >= 0.6 is 0 Å². The molecule has 1 aliphatic rings. The number of rotatable bonds is 5. The van der Waals surface area contributed by atoms with Gasteiger partial charge >= 0.3 is 0 Å². The van der Waals surface area contributed by atoms with Gasteiger partial charge in [-0.3, -0.25) is 0 Å². The van der Waals surface area contributed by atoms with Gasteiger partial charge in [-0.2, -0.15) is 0 Å². The minimum absolute atomic E-state index is 0.608. The SMILES string of the molecule is Cc1cnc(N2CCCC2CCCc2ccccc2)nc1.